The predicted molar refractivity (Wildman–Crippen MR) is 112 cm³/mol. The van der Waals surface area contributed by atoms with Crippen molar-refractivity contribution in [2.45, 2.75) is 50.5 Å². The van der Waals surface area contributed by atoms with Crippen molar-refractivity contribution in [3.8, 4) is 0 Å². The first-order valence-corrected chi connectivity index (χ1v) is 10.8. The average Bonchev–Trinajstić information content (AvgIpc) is 3.30. The Balaban J connectivity index is 1.50. The van der Waals surface area contributed by atoms with E-state index >= 15 is 0 Å². The van der Waals surface area contributed by atoms with E-state index < -0.39 is 0 Å². The molecular formula is C20H25IN4O2. The van der Waals surface area contributed by atoms with Crippen LogP contribution in [0.5, 0.6) is 0 Å². The Kier molecular flexibility index (Phi) is 5.39. The average molecular weight is 480 g/mol. The zero-order valence-electron chi connectivity index (χ0n) is 15.6. The largest absolute Gasteiger partial charge is 0.345 e. The van der Waals surface area contributed by atoms with Gasteiger partial charge in [0.05, 0.1) is 5.56 Å². The Bertz CT molecular complexity index is 890. The second-order valence-corrected chi connectivity index (χ2v) is 8.78. The van der Waals surface area contributed by atoms with Gasteiger partial charge in [0, 0.05) is 35.7 Å². The number of benzene rings is 1. The second-order valence-electron chi connectivity index (χ2n) is 7.62. The van der Waals surface area contributed by atoms with Crippen LogP contribution in [0.15, 0.2) is 29.1 Å². The highest BCUT2D eigenvalue weighted by Gasteiger charge is 2.31. The fraction of sp³-hybridized carbons (Fsp3) is 0.550. The number of aryl methyl sites for hydroxylation is 1. The maximum Gasteiger partial charge on any atom is 0.345 e. The van der Waals surface area contributed by atoms with E-state index in [1.807, 2.05) is 33.7 Å². The molecule has 0 bridgehead atoms. The van der Waals surface area contributed by atoms with E-state index in [2.05, 4.69) is 27.7 Å². The Morgan fingerprint density at radius 2 is 1.78 bits per heavy atom. The van der Waals surface area contributed by atoms with E-state index in [-0.39, 0.29) is 17.5 Å². The van der Waals surface area contributed by atoms with Gasteiger partial charge in [-0.1, -0.05) is 25.0 Å². The number of carbonyl (C=O) groups is 1. The number of piperidine rings is 1. The first-order chi connectivity index (χ1) is 13.1. The van der Waals surface area contributed by atoms with Crippen LogP contribution in [-0.4, -0.2) is 38.2 Å². The minimum atomic E-state index is 0.00856. The minimum absolute atomic E-state index is 0.00856. The summed E-state index contributed by atoms with van der Waals surface area (Å²) >= 11 is 2.22. The standard InChI is InChI=1S/C20H25IN4O2/c1-23-20(27)25(15-6-2-3-7-15)18(22-23)14-10-12-24(13-11-14)19(26)16-8-4-5-9-17(16)21/h4-5,8-9,14-15H,2-3,6-7,10-13H2,1H3. The third-order valence-corrected chi connectivity index (χ3v) is 6.86. The maximum absolute atomic E-state index is 12.8. The van der Waals surface area contributed by atoms with Gasteiger partial charge >= 0.3 is 5.69 Å². The van der Waals surface area contributed by atoms with Crippen LogP contribution >= 0.6 is 22.6 Å². The summed E-state index contributed by atoms with van der Waals surface area (Å²) in [6.07, 6.45) is 6.24. The van der Waals surface area contributed by atoms with Gasteiger partial charge in [-0.05, 0) is 60.4 Å². The lowest BCUT2D eigenvalue weighted by atomic mass is 9.95. The highest BCUT2D eigenvalue weighted by atomic mass is 127. The smallest absolute Gasteiger partial charge is 0.339 e. The second kappa shape index (κ2) is 7.77. The number of likely N-dealkylation sites (tertiary alicyclic amines) is 1. The lowest BCUT2D eigenvalue weighted by molar-refractivity contribution is 0.0708. The Morgan fingerprint density at radius 3 is 2.44 bits per heavy atom. The molecule has 0 radical (unpaired) electrons. The van der Waals surface area contributed by atoms with Crippen molar-refractivity contribution in [2.24, 2.45) is 7.05 Å². The van der Waals surface area contributed by atoms with E-state index in [0.717, 1.165) is 40.6 Å². The maximum atomic E-state index is 12.8. The minimum Gasteiger partial charge on any atom is -0.339 e. The molecule has 1 aliphatic carbocycles. The molecule has 0 unspecified atom stereocenters. The summed E-state index contributed by atoms with van der Waals surface area (Å²) in [4.78, 5) is 27.4. The van der Waals surface area contributed by atoms with E-state index in [9.17, 15) is 9.59 Å². The fourth-order valence-corrected chi connectivity index (χ4v) is 5.05. The molecule has 0 N–H and O–H groups in total. The number of carbonyl (C=O) groups excluding carboxylic acids is 1. The van der Waals surface area contributed by atoms with Crippen molar-refractivity contribution in [1.29, 1.82) is 0 Å². The van der Waals surface area contributed by atoms with Gasteiger partial charge in [0.25, 0.3) is 5.91 Å². The molecule has 2 heterocycles. The Morgan fingerprint density at radius 1 is 1.11 bits per heavy atom. The van der Waals surface area contributed by atoms with Crippen LogP contribution < -0.4 is 5.69 Å². The molecule has 1 aliphatic heterocycles. The Hall–Kier alpha value is -1.64. The van der Waals surface area contributed by atoms with Crippen molar-refractivity contribution in [2.75, 3.05) is 13.1 Å². The molecule has 6 nitrogen and oxygen atoms in total. The molecule has 1 aromatic carbocycles. The molecule has 2 aromatic rings. The number of hydrogen-bond acceptors (Lipinski definition) is 3. The number of nitrogens with zero attached hydrogens (tertiary/aromatic N) is 4. The third-order valence-electron chi connectivity index (χ3n) is 5.92. The van der Waals surface area contributed by atoms with Gasteiger partial charge < -0.3 is 4.90 Å². The van der Waals surface area contributed by atoms with Gasteiger partial charge in [0.1, 0.15) is 5.82 Å². The van der Waals surface area contributed by atoms with Crippen molar-refractivity contribution >= 4 is 28.5 Å². The summed E-state index contributed by atoms with van der Waals surface area (Å²) in [7, 11) is 1.74. The van der Waals surface area contributed by atoms with Crippen molar-refractivity contribution in [3.63, 3.8) is 0 Å². The van der Waals surface area contributed by atoms with E-state index in [1.165, 1.54) is 17.5 Å². The SMILES string of the molecule is Cn1nc(C2CCN(C(=O)c3ccccc3I)CC2)n(C2CCCC2)c1=O. The highest BCUT2D eigenvalue weighted by molar-refractivity contribution is 14.1. The van der Waals surface area contributed by atoms with Crippen LogP contribution in [0, 0.1) is 3.57 Å². The van der Waals surface area contributed by atoms with E-state index in [0.29, 0.717) is 19.1 Å². The first-order valence-electron chi connectivity index (χ1n) is 9.75. The number of rotatable bonds is 3. The van der Waals surface area contributed by atoms with Crippen molar-refractivity contribution in [3.05, 3.63) is 49.7 Å². The molecule has 7 heteroatoms. The molecule has 1 aromatic heterocycles. The lowest BCUT2D eigenvalue weighted by Gasteiger charge is -2.32. The molecule has 144 valence electrons. The molecule has 2 aliphatic rings. The highest BCUT2D eigenvalue weighted by Crippen LogP contribution is 2.33. The van der Waals surface area contributed by atoms with Crippen molar-refractivity contribution < 1.29 is 4.79 Å². The van der Waals surface area contributed by atoms with Gasteiger partial charge in [-0.2, -0.15) is 5.10 Å². The van der Waals surface area contributed by atoms with Gasteiger partial charge in [0.2, 0.25) is 0 Å². The van der Waals surface area contributed by atoms with Gasteiger partial charge in [-0.15, -0.1) is 0 Å². The Labute approximate surface area is 172 Å². The fourth-order valence-electron chi connectivity index (χ4n) is 4.43. The number of hydrogen-bond donors (Lipinski definition) is 0. The number of amides is 1. The molecule has 27 heavy (non-hydrogen) atoms. The normalized spacial score (nSPS) is 19.0. The topological polar surface area (TPSA) is 60.1 Å². The zero-order chi connectivity index (χ0) is 19.0. The summed E-state index contributed by atoms with van der Waals surface area (Å²) in [6, 6.07) is 8.03. The molecule has 0 spiro atoms. The quantitative estimate of drug-likeness (QED) is 0.634. The predicted octanol–water partition coefficient (Wildman–Crippen LogP) is 3.32. The molecule has 4 rings (SSSR count). The van der Waals surface area contributed by atoms with Gasteiger partial charge in [-0.3, -0.25) is 9.36 Å². The lowest BCUT2D eigenvalue weighted by Crippen LogP contribution is -2.39. The van der Waals surface area contributed by atoms with Gasteiger partial charge in [-0.25, -0.2) is 9.48 Å². The van der Waals surface area contributed by atoms with Crippen LogP contribution in [0.25, 0.3) is 0 Å². The molecule has 2 fully saturated rings. The number of aromatic nitrogens is 3. The summed E-state index contributed by atoms with van der Waals surface area (Å²) < 4.78 is 4.43. The molecular weight excluding hydrogens is 455 g/mol. The molecule has 1 amide bonds. The van der Waals surface area contributed by atoms with Crippen molar-refractivity contribution in [1.82, 2.24) is 19.2 Å². The molecule has 0 atom stereocenters. The summed E-state index contributed by atoms with van der Waals surface area (Å²) in [5.41, 5.74) is 0.784. The monoisotopic (exact) mass is 480 g/mol. The van der Waals surface area contributed by atoms with Crippen LogP contribution in [0.4, 0.5) is 0 Å². The van der Waals surface area contributed by atoms with Crippen LogP contribution in [-0.2, 0) is 7.05 Å². The first kappa shape index (κ1) is 18.7. The summed E-state index contributed by atoms with van der Waals surface area (Å²) in [5, 5.41) is 4.58. The molecule has 1 saturated carbocycles. The summed E-state index contributed by atoms with van der Waals surface area (Å²) in [6.45, 7) is 1.42. The van der Waals surface area contributed by atoms with Crippen LogP contribution in [0.1, 0.15) is 66.7 Å². The summed E-state index contributed by atoms with van der Waals surface area (Å²) in [5.74, 6) is 1.28. The number of halogens is 1. The zero-order valence-corrected chi connectivity index (χ0v) is 17.8. The van der Waals surface area contributed by atoms with E-state index in [1.54, 1.807) is 7.05 Å². The molecule has 1 saturated heterocycles. The van der Waals surface area contributed by atoms with Gasteiger partial charge in [0.15, 0.2) is 0 Å². The third kappa shape index (κ3) is 3.58. The van der Waals surface area contributed by atoms with E-state index in [4.69, 9.17) is 0 Å². The van der Waals surface area contributed by atoms with Crippen LogP contribution in [0.2, 0.25) is 0 Å². The van der Waals surface area contributed by atoms with Crippen LogP contribution in [0.3, 0.4) is 0 Å².